The molecule has 0 unspecified atom stereocenters. The van der Waals surface area contributed by atoms with Crippen LogP contribution in [0.5, 0.6) is 0 Å². The first-order valence-corrected chi connectivity index (χ1v) is 16.9. The van der Waals surface area contributed by atoms with Crippen LogP contribution in [-0.2, 0) is 4.74 Å². The van der Waals surface area contributed by atoms with Gasteiger partial charge in [-0.1, -0.05) is 117 Å². The van der Waals surface area contributed by atoms with Crippen molar-refractivity contribution in [3.8, 4) is 0 Å². The minimum absolute atomic E-state index is 0.0400. The summed E-state index contributed by atoms with van der Waals surface area (Å²) in [6, 6.07) is 18.1. The van der Waals surface area contributed by atoms with Gasteiger partial charge in [0.25, 0.3) is 0 Å². The van der Waals surface area contributed by atoms with Crippen molar-refractivity contribution in [3.05, 3.63) is 135 Å². The number of ether oxygens (including phenoxy) is 1. The molecule has 4 aromatic carbocycles. The molecule has 0 N–H and O–H groups in total. The normalized spacial score (nSPS) is 11.3. The van der Waals surface area contributed by atoms with Crippen LogP contribution in [0.25, 0.3) is 0 Å². The van der Waals surface area contributed by atoms with E-state index in [1.807, 2.05) is 0 Å². The summed E-state index contributed by atoms with van der Waals surface area (Å²) in [6.07, 6.45) is -0.278. The van der Waals surface area contributed by atoms with E-state index in [2.05, 4.69) is 0 Å². The Labute approximate surface area is 310 Å². The molecular formula is C34H22Cl8O5. The average Bonchev–Trinajstić information content (AvgIpc) is 3.00. The van der Waals surface area contributed by atoms with Gasteiger partial charge in [0.2, 0.25) is 0 Å². The predicted molar refractivity (Wildman–Crippen MR) is 190 cm³/mol. The van der Waals surface area contributed by atoms with Crippen molar-refractivity contribution in [1.29, 1.82) is 0 Å². The highest BCUT2D eigenvalue weighted by Crippen LogP contribution is 2.35. The number of benzene rings is 4. The van der Waals surface area contributed by atoms with Crippen LogP contribution in [0.3, 0.4) is 0 Å². The molecule has 0 fully saturated rings. The smallest absolute Gasteiger partial charge is 0.176 e. The molecule has 0 aliphatic rings. The van der Waals surface area contributed by atoms with Gasteiger partial charge >= 0.3 is 0 Å². The Morgan fingerprint density at radius 1 is 0.404 bits per heavy atom. The van der Waals surface area contributed by atoms with Gasteiger partial charge in [0, 0.05) is 13.2 Å². The van der Waals surface area contributed by atoms with Crippen molar-refractivity contribution in [2.24, 2.45) is 11.8 Å². The van der Waals surface area contributed by atoms with E-state index in [-0.39, 0.29) is 88.5 Å². The van der Waals surface area contributed by atoms with E-state index < -0.39 is 35.0 Å². The molecule has 0 saturated heterocycles. The summed E-state index contributed by atoms with van der Waals surface area (Å²) >= 11 is 50.4. The maximum atomic E-state index is 13.7. The van der Waals surface area contributed by atoms with Crippen LogP contribution in [0.1, 0.15) is 54.3 Å². The van der Waals surface area contributed by atoms with Crippen molar-refractivity contribution < 1.29 is 23.9 Å². The van der Waals surface area contributed by atoms with Crippen LogP contribution in [0.2, 0.25) is 40.2 Å². The molecule has 0 aliphatic heterocycles. The highest BCUT2D eigenvalue weighted by molar-refractivity contribution is 6.44. The molecule has 0 atom stereocenters. The second kappa shape index (κ2) is 17.0. The van der Waals surface area contributed by atoms with E-state index in [1.54, 1.807) is 24.3 Å². The minimum atomic E-state index is -1.34. The number of halogens is 8. The molecule has 0 aliphatic carbocycles. The molecule has 0 spiro atoms. The Morgan fingerprint density at radius 3 is 0.787 bits per heavy atom. The Kier molecular flexibility index (Phi) is 13.6. The molecule has 5 nitrogen and oxygen atoms in total. The zero-order valence-electron chi connectivity index (χ0n) is 24.0. The lowest BCUT2D eigenvalue weighted by Crippen LogP contribution is -2.28. The zero-order chi connectivity index (χ0) is 34.4. The molecule has 244 valence electrons. The number of carbonyl (C=O) groups is 4. The maximum absolute atomic E-state index is 13.7. The highest BCUT2D eigenvalue weighted by Gasteiger charge is 2.35. The van der Waals surface area contributed by atoms with Crippen molar-refractivity contribution in [3.63, 3.8) is 0 Å². The topological polar surface area (TPSA) is 77.5 Å². The Bertz CT molecular complexity index is 1520. The maximum Gasteiger partial charge on any atom is 0.176 e. The first-order chi connectivity index (χ1) is 22.3. The van der Waals surface area contributed by atoms with E-state index in [0.717, 1.165) is 0 Å². The predicted octanol–water partition coefficient (Wildman–Crippen LogP) is 11.8. The Morgan fingerprint density at radius 2 is 0.596 bits per heavy atom. The van der Waals surface area contributed by atoms with E-state index in [1.165, 1.54) is 48.5 Å². The van der Waals surface area contributed by atoms with Crippen molar-refractivity contribution in [2.75, 3.05) is 13.2 Å². The zero-order valence-corrected chi connectivity index (χ0v) is 30.0. The summed E-state index contributed by atoms with van der Waals surface area (Å²) in [5.41, 5.74) is -0.160. The lowest BCUT2D eigenvalue weighted by Gasteiger charge is -2.20. The lowest BCUT2D eigenvalue weighted by molar-refractivity contribution is 0.0673. The number of rotatable bonds is 14. The molecule has 0 bridgehead atoms. The third-order valence-electron chi connectivity index (χ3n) is 7.20. The number of ketones is 4. The summed E-state index contributed by atoms with van der Waals surface area (Å²) in [5, 5.41) is 0.465. The fourth-order valence-electron chi connectivity index (χ4n) is 4.90. The fourth-order valence-corrected chi connectivity index (χ4v) is 7.23. The molecule has 0 aromatic heterocycles. The first-order valence-electron chi connectivity index (χ1n) is 13.9. The van der Waals surface area contributed by atoms with Crippen LogP contribution < -0.4 is 0 Å². The van der Waals surface area contributed by atoms with Crippen LogP contribution in [0, 0.1) is 11.8 Å². The van der Waals surface area contributed by atoms with Gasteiger partial charge in [-0.3, -0.25) is 19.2 Å². The largest absolute Gasteiger partial charge is 0.381 e. The van der Waals surface area contributed by atoms with Crippen LogP contribution in [0.4, 0.5) is 0 Å². The molecule has 0 amide bonds. The van der Waals surface area contributed by atoms with Gasteiger partial charge in [0.15, 0.2) is 23.1 Å². The van der Waals surface area contributed by atoms with Crippen molar-refractivity contribution in [1.82, 2.24) is 0 Å². The van der Waals surface area contributed by atoms with Gasteiger partial charge in [0.05, 0.1) is 74.3 Å². The fraction of sp³-hybridized carbons (Fsp3) is 0.176. The third kappa shape index (κ3) is 8.72. The Balaban J connectivity index is 1.58. The van der Waals surface area contributed by atoms with Gasteiger partial charge < -0.3 is 4.74 Å². The summed E-state index contributed by atoms with van der Waals surface area (Å²) in [6.45, 7) is -0.303. The van der Waals surface area contributed by atoms with E-state index >= 15 is 0 Å². The summed E-state index contributed by atoms with van der Waals surface area (Å²) in [4.78, 5) is 55.0. The molecule has 0 heterocycles. The molecule has 4 aromatic rings. The third-order valence-corrected chi connectivity index (χ3v) is 9.72. The van der Waals surface area contributed by atoms with E-state index in [9.17, 15) is 19.2 Å². The second-order valence-electron chi connectivity index (χ2n) is 10.1. The first kappa shape index (κ1) is 37.7. The van der Waals surface area contributed by atoms with Gasteiger partial charge in [-0.25, -0.2) is 0 Å². The van der Waals surface area contributed by atoms with E-state index in [4.69, 9.17) is 97.5 Å². The lowest BCUT2D eigenvalue weighted by atomic mass is 9.87. The molecule has 0 radical (unpaired) electrons. The average molecular weight is 794 g/mol. The van der Waals surface area contributed by atoms with Gasteiger partial charge in [-0.15, -0.1) is 0 Å². The summed E-state index contributed by atoms with van der Waals surface area (Å²) < 4.78 is 5.81. The molecular weight excluding hydrogens is 772 g/mol. The SMILES string of the molecule is O=C(c1c(Cl)cccc1Cl)C(CCOCCC(C(=O)c1c(Cl)cccc1Cl)C(=O)c1c(Cl)cccc1Cl)C(=O)c1c(Cl)cccc1Cl. The number of hydrogen-bond acceptors (Lipinski definition) is 5. The van der Waals surface area contributed by atoms with Gasteiger partial charge in [0.1, 0.15) is 0 Å². The number of carbonyl (C=O) groups excluding carboxylic acids is 4. The highest BCUT2D eigenvalue weighted by atomic mass is 35.5. The molecule has 13 heteroatoms. The number of hydrogen-bond donors (Lipinski definition) is 0. The molecule has 0 saturated carbocycles. The minimum Gasteiger partial charge on any atom is -0.381 e. The van der Waals surface area contributed by atoms with Gasteiger partial charge in [-0.2, -0.15) is 0 Å². The van der Waals surface area contributed by atoms with Gasteiger partial charge in [-0.05, 0) is 61.4 Å². The standard InChI is InChI=1S/C34H22Cl8O5/c35-19-5-1-6-20(36)27(19)31(43)17(32(44)28-21(37)7-2-8-22(28)38)13-15-47-16-14-18(33(45)29-23(39)9-3-10-24(29)40)34(46)30-25(41)11-4-12-26(30)42/h1-12,17-18H,13-16H2. The second-order valence-corrected chi connectivity index (χ2v) is 13.4. The summed E-state index contributed by atoms with van der Waals surface area (Å²) in [7, 11) is 0. The molecule has 4 rings (SSSR count). The van der Waals surface area contributed by atoms with Crippen LogP contribution >= 0.6 is 92.8 Å². The summed E-state index contributed by atoms with van der Waals surface area (Å²) in [5.74, 6) is -5.31. The number of Topliss-reactive ketones (excluding diaryl/α,β-unsaturated/α-hetero) is 4. The van der Waals surface area contributed by atoms with Crippen LogP contribution in [0.15, 0.2) is 72.8 Å². The molecule has 47 heavy (non-hydrogen) atoms. The van der Waals surface area contributed by atoms with Crippen molar-refractivity contribution >= 4 is 116 Å². The quantitative estimate of drug-likeness (QED) is 0.0722. The van der Waals surface area contributed by atoms with E-state index in [0.29, 0.717) is 0 Å². The Hall–Kier alpha value is -2.16. The van der Waals surface area contributed by atoms with Crippen LogP contribution in [-0.4, -0.2) is 36.3 Å². The monoisotopic (exact) mass is 790 g/mol. The van der Waals surface area contributed by atoms with Crippen molar-refractivity contribution in [2.45, 2.75) is 12.8 Å².